The minimum absolute atomic E-state index is 0.197. The van der Waals surface area contributed by atoms with Crippen molar-refractivity contribution in [3.8, 4) is 0 Å². The van der Waals surface area contributed by atoms with Crippen molar-refractivity contribution in [2.45, 2.75) is 50.7 Å². The van der Waals surface area contributed by atoms with Crippen LogP contribution in [0.15, 0.2) is 12.4 Å². The van der Waals surface area contributed by atoms with Gasteiger partial charge < -0.3 is 15.7 Å². The third-order valence-corrected chi connectivity index (χ3v) is 4.74. The Bertz CT molecular complexity index is 522. The number of amides is 1. The average Bonchev–Trinajstić information content (AvgIpc) is 2.97. The van der Waals surface area contributed by atoms with Crippen molar-refractivity contribution < 1.29 is 9.90 Å². The lowest BCUT2D eigenvalue weighted by Gasteiger charge is -2.37. The smallest absolute Gasteiger partial charge is 0.268 e. The van der Waals surface area contributed by atoms with Crippen LogP contribution in [0.3, 0.4) is 0 Å². The van der Waals surface area contributed by atoms with Gasteiger partial charge in [-0.2, -0.15) is 0 Å². The Kier molecular flexibility index (Phi) is 4.05. The summed E-state index contributed by atoms with van der Waals surface area (Å²) in [5.41, 5.74) is 5.48. The highest BCUT2D eigenvalue weighted by atomic mass is 16.3. The quantitative estimate of drug-likeness (QED) is 0.869. The van der Waals surface area contributed by atoms with Gasteiger partial charge in [0.1, 0.15) is 11.5 Å². The lowest BCUT2D eigenvalue weighted by atomic mass is 9.80. The summed E-state index contributed by atoms with van der Waals surface area (Å²) in [6, 6.07) is 0.290. The molecule has 1 saturated carbocycles. The summed E-state index contributed by atoms with van der Waals surface area (Å²) in [4.78, 5) is 21.9. The second-order valence-electron chi connectivity index (χ2n) is 6.05. The maximum atomic E-state index is 11.3. The summed E-state index contributed by atoms with van der Waals surface area (Å²) >= 11 is 0. The number of hydrogen-bond acceptors (Lipinski definition) is 5. The highest BCUT2D eigenvalue weighted by molar-refractivity contribution is 5.90. The normalized spacial score (nSPS) is 29.6. The molecule has 3 atom stereocenters. The zero-order valence-corrected chi connectivity index (χ0v) is 12.1. The molecule has 3 rings (SSSR count). The average molecular weight is 290 g/mol. The van der Waals surface area contributed by atoms with Crippen LogP contribution in [0.2, 0.25) is 0 Å². The van der Waals surface area contributed by atoms with Crippen LogP contribution in [-0.2, 0) is 0 Å². The highest BCUT2D eigenvalue weighted by Crippen LogP contribution is 2.36. The van der Waals surface area contributed by atoms with E-state index in [0.29, 0.717) is 11.7 Å². The van der Waals surface area contributed by atoms with Gasteiger partial charge in [-0.15, -0.1) is 0 Å². The van der Waals surface area contributed by atoms with E-state index in [1.165, 1.54) is 12.6 Å². The first kappa shape index (κ1) is 14.3. The van der Waals surface area contributed by atoms with Crippen molar-refractivity contribution >= 4 is 11.7 Å². The molecule has 1 saturated heterocycles. The molecule has 1 aromatic rings. The zero-order valence-electron chi connectivity index (χ0n) is 12.1. The molecule has 1 aromatic heterocycles. The van der Waals surface area contributed by atoms with E-state index in [4.69, 9.17) is 5.73 Å². The lowest BCUT2D eigenvalue weighted by molar-refractivity contribution is 0.0565. The minimum atomic E-state index is -0.558. The maximum absolute atomic E-state index is 11.3. The number of rotatable bonds is 3. The Morgan fingerprint density at radius 3 is 2.81 bits per heavy atom. The van der Waals surface area contributed by atoms with E-state index in [2.05, 4.69) is 14.9 Å². The number of nitrogens with zero attached hydrogens (tertiary/aromatic N) is 3. The third-order valence-electron chi connectivity index (χ3n) is 4.74. The Hall–Kier alpha value is -1.69. The van der Waals surface area contributed by atoms with Crippen LogP contribution in [0.1, 0.15) is 49.0 Å². The molecule has 2 fully saturated rings. The van der Waals surface area contributed by atoms with Gasteiger partial charge in [0, 0.05) is 18.5 Å². The summed E-state index contributed by atoms with van der Waals surface area (Å²) in [5.74, 6) is 0.435. The predicted molar refractivity (Wildman–Crippen MR) is 78.9 cm³/mol. The van der Waals surface area contributed by atoms with Crippen molar-refractivity contribution in [3.05, 3.63) is 18.1 Å². The first-order chi connectivity index (χ1) is 10.2. The van der Waals surface area contributed by atoms with Gasteiger partial charge in [0.25, 0.3) is 5.91 Å². The molecular formula is C15H22N4O2. The van der Waals surface area contributed by atoms with Crippen molar-refractivity contribution in [2.24, 2.45) is 11.7 Å². The predicted octanol–water partition coefficient (Wildman–Crippen LogP) is 1.10. The number of nitrogens with two attached hydrogens (primary N) is 1. The van der Waals surface area contributed by atoms with E-state index in [-0.39, 0.29) is 17.8 Å². The van der Waals surface area contributed by atoms with Gasteiger partial charge in [-0.3, -0.25) is 9.78 Å². The SMILES string of the molecule is NC(=O)c1cncc(N2CCC[C@@H]2[C@H]2CCCC[C@@H]2O)n1. The molecule has 21 heavy (non-hydrogen) atoms. The second-order valence-corrected chi connectivity index (χ2v) is 6.05. The molecule has 6 heteroatoms. The number of anilines is 1. The van der Waals surface area contributed by atoms with Gasteiger partial charge in [-0.25, -0.2) is 4.98 Å². The molecule has 2 aliphatic rings. The van der Waals surface area contributed by atoms with E-state index in [0.717, 1.165) is 38.6 Å². The number of carbonyl (C=O) groups excluding carboxylic acids is 1. The largest absolute Gasteiger partial charge is 0.393 e. The number of hydrogen-bond donors (Lipinski definition) is 2. The summed E-state index contributed by atoms with van der Waals surface area (Å²) in [5, 5.41) is 10.3. The van der Waals surface area contributed by atoms with E-state index < -0.39 is 5.91 Å². The molecule has 114 valence electrons. The van der Waals surface area contributed by atoms with Crippen LogP contribution >= 0.6 is 0 Å². The Balaban J connectivity index is 1.83. The standard InChI is InChI=1S/C15H22N4O2/c16-15(21)11-8-17-9-14(18-11)19-7-3-5-12(19)10-4-1-2-6-13(10)20/h8-10,12-13,20H,1-7H2,(H2,16,21)/t10-,12-,13+/m1/s1. The molecule has 1 aliphatic heterocycles. The highest BCUT2D eigenvalue weighted by Gasteiger charge is 2.37. The summed E-state index contributed by atoms with van der Waals surface area (Å²) in [6.07, 6.45) is 9.23. The summed E-state index contributed by atoms with van der Waals surface area (Å²) in [6.45, 7) is 0.894. The summed E-state index contributed by atoms with van der Waals surface area (Å²) < 4.78 is 0. The van der Waals surface area contributed by atoms with E-state index >= 15 is 0 Å². The van der Waals surface area contributed by atoms with Gasteiger partial charge in [0.15, 0.2) is 0 Å². The molecule has 6 nitrogen and oxygen atoms in total. The summed E-state index contributed by atoms with van der Waals surface area (Å²) in [7, 11) is 0. The van der Waals surface area contributed by atoms with E-state index in [1.807, 2.05) is 0 Å². The van der Waals surface area contributed by atoms with Crippen LogP contribution < -0.4 is 10.6 Å². The van der Waals surface area contributed by atoms with E-state index in [9.17, 15) is 9.90 Å². The Morgan fingerprint density at radius 1 is 1.24 bits per heavy atom. The number of aliphatic hydroxyl groups is 1. The van der Waals surface area contributed by atoms with Gasteiger partial charge in [0.05, 0.1) is 18.5 Å². The van der Waals surface area contributed by atoms with Crippen LogP contribution in [0, 0.1) is 5.92 Å². The van der Waals surface area contributed by atoms with E-state index in [1.54, 1.807) is 6.20 Å². The fourth-order valence-electron chi connectivity index (χ4n) is 3.72. The third kappa shape index (κ3) is 2.85. The van der Waals surface area contributed by atoms with Crippen LogP contribution in [0.5, 0.6) is 0 Å². The molecular weight excluding hydrogens is 268 g/mol. The lowest BCUT2D eigenvalue weighted by Crippen LogP contribution is -2.43. The fraction of sp³-hybridized carbons (Fsp3) is 0.667. The van der Waals surface area contributed by atoms with Crippen LogP contribution in [0.25, 0.3) is 0 Å². The maximum Gasteiger partial charge on any atom is 0.268 e. The number of aliphatic hydroxyl groups excluding tert-OH is 1. The van der Waals surface area contributed by atoms with Gasteiger partial charge in [-0.05, 0) is 25.7 Å². The van der Waals surface area contributed by atoms with Crippen LogP contribution in [0.4, 0.5) is 5.82 Å². The molecule has 1 amide bonds. The topological polar surface area (TPSA) is 92.3 Å². The molecule has 3 N–H and O–H groups in total. The van der Waals surface area contributed by atoms with Crippen molar-refractivity contribution in [1.82, 2.24) is 9.97 Å². The number of carbonyl (C=O) groups is 1. The first-order valence-electron chi connectivity index (χ1n) is 7.73. The molecule has 2 heterocycles. The molecule has 0 spiro atoms. The minimum Gasteiger partial charge on any atom is -0.393 e. The Morgan fingerprint density at radius 2 is 2.05 bits per heavy atom. The van der Waals surface area contributed by atoms with Crippen molar-refractivity contribution in [1.29, 1.82) is 0 Å². The molecule has 0 radical (unpaired) electrons. The number of primary amides is 1. The van der Waals surface area contributed by atoms with Gasteiger partial charge >= 0.3 is 0 Å². The molecule has 1 aliphatic carbocycles. The molecule has 0 aromatic carbocycles. The fourth-order valence-corrected chi connectivity index (χ4v) is 3.72. The van der Waals surface area contributed by atoms with Crippen molar-refractivity contribution in [3.63, 3.8) is 0 Å². The zero-order chi connectivity index (χ0) is 14.8. The second kappa shape index (κ2) is 5.97. The molecule has 0 bridgehead atoms. The Labute approximate surface area is 124 Å². The number of aromatic nitrogens is 2. The van der Waals surface area contributed by atoms with Crippen molar-refractivity contribution in [2.75, 3.05) is 11.4 Å². The van der Waals surface area contributed by atoms with Crippen LogP contribution in [-0.4, -0.2) is 39.7 Å². The van der Waals surface area contributed by atoms with Gasteiger partial charge in [0.2, 0.25) is 0 Å². The monoisotopic (exact) mass is 290 g/mol. The van der Waals surface area contributed by atoms with Gasteiger partial charge in [-0.1, -0.05) is 12.8 Å². The first-order valence-corrected chi connectivity index (χ1v) is 7.73. The molecule has 0 unspecified atom stereocenters.